The van der Waals surface area contributed by atoms with E-state index in [2.05, 4.69) is 15.6 Å². The third-order valence-electron chi connectivity index (χ3n) is 4.22. The Morgan fingerprint density at radius 1 is 0.906 bits per heavy atom. The number of likely N-dealkylation sites (N-methyl/N-ethyl adjacent to an activating group) is 1. The third kappa shape index (κ3) is 6.99. The lowest BCUT2D eigenvalue weighted by atomic mass is 10.3. The molecule has 0 fully saturated rings. The highest BCUT2D eigenvalue weighted by Gasteiger charge is 2.07. The van der Waals surface area contributed by atoms with Crippen LogP contribution in [0.15, 0.2) is 66.9 Å². The van der Waals surface area contributed by atoms with Crippen LogP contribution in [-0.4, -0.2) is 54.2 Å². The molecule has 3 rings (SSSR count). The second kappa shape index (κ2) is 10.8. The van der Waals surface area contributed by atoms with Crippen molar-refractivity contribution >= 4 is 23.4 Å². The normalized spacial score (nSPS) is 10.5. The van der Waals surface area contributed by atoms with Crippen LogP contribution in [0.3, 0.4) is 0 Å². The third-order valence-corrected chi connectivity index (χ3v) is 4.22. The summed E-state index contributed by atoms with van der Waals surface area (Å²) in [6.45, 7) is 1.40. The first-order valence-electron chi connectivity index (χ1n) is 9.82. The summed E-state index contributed by atoms with van der Waals surface area (Å²) in [4.78, 5) is 29.0. The van der Waals surface area contributed by atoms with Gasteiger partial charge in [-0.25, -0.2) is 14.6 Å². The monoisotopic (exact) mass is 436 g/mol. The Balaban J connectivity index is 1.50. The van der Waals surface area contributed by atoms with E-state index in [1.54, 1.807) is 54.6 Å². The minimum Gasteiger partial charge on any atom is -0.492 e. The van der Waals surface area contributed by atoms with Gasteiger partial charge in [0.15, 0.2) is 5.69 Å². The molecule has 1 heterocycles. The molecule has 0 spiro atoms. The Kier molecular flexibility index (Phi) is 7.60. The Bertz CT molecular complexity index is 1050. The molecule has 3 aromatic rings. The Morgan fingerprint density at radius 3 is 2.06 bits per heavy atom. The first-order valence-corrected chi connectivity index (χ1v) is 9.82. The van der Waals surface area contributed by atoms with E-state index in [-0.39, 0.29) is 11.7 Å². The second-order valence-corrected chi connectivity index (χ2v) is 7.06. The van der Waals surface area contributed by atoms with Gasteiger partial charge in [0.25, 0.3) is 0 Å². The van der Waals surface area contributed by atoms with Gasteiger partial charge in [0.05, 0.1) is 0 Å². The summed E-state index contributed by atoms with van der Waals surface area (Å²) >= 11 is 0. The Morgan fingerprint density at radius 2 is 1.50 bits per heavy atom. The average molecular weight is 436 g/mol. The van der Waals surface area contributed by atoms with Gasteiger partial charge < -0.3 is 30.1 Å². The van der Waals surface area contributed by atoms with Gasteiger partial charge in [-0.15, -0.1) is 0 Å². The number of nitrogens with zero attached hydrogens (tertiary/aromatic N) is 2. The number of rotatable bonds is 9. The molecule has 3 N–H and O–H groups in total. The van der Waals surface area contributed by atoms with Crippen LogP contribution < -0.4 is 20.1 Å². The molecular formula is C23H24N4O5. The summed E-state index contributed by atoms with van der Waals surface area (Å²) in [5.41, 5.74) is 1.10. The largest absolute Gasteiger partial charge is 0.492 e. The fourth-order valence-corrected chi connectivity index (χ4v) is 2.61. The number of aromatic nitrogens is 1. The van der Waals surface area contributed by atoms with Crippen molar-refractivity contribution in [3.8, 4) is 17.2 Å². The van der Waals surface area contributed by atoms with E-state index in [1.807, 2.05) is 19.0 Å². The van der Waals surface area contributed by atoms with Gasteiger partial charge in [-0.1, -0.05) is 0 Å². The zero-order valence-corrected chi connectivity index (χ0v) is 17.7. The quantitative estimate of drug-likeness (QED) is 0.462. The van der Waals surface area contributed by atoms with Crippen molar-refractivity contribution in [1.82, 2.24) is 9.88 Å². The van der Waals surface area contributed by atoms with Gasteiger partial charge in [-0.3, -0.25) is 0 Å². The summed E-state index contributed by atoms with van der Waals surface area (Å²) in [5.74, 6) is 0.443. The van der Waals surface area contributed by atoms with Gasteiger partial charge in [-0.05, 0) is 68.7 Å². The summed E-state index contributed by atoms with van der Waals surface area (Å²) in [6.07, 6.45) is 1.36. The molecule has 0 aliphatic rings. The molecular weight excluding hydrogens is 412 g/mol. The lowest BCUT2D eigenvalue weighted by Crippen LogP contribution is -2.20. The maximum atomic E-state index is 12.2. The highest BCUT2D eigenvalue weighted by atomic mass is 16.5. The fraction of sp³-hybridized carbons (Fsp3) is 0.174. The molecule has 0 bridgehead atoms. The van der Waals surface area contributed by atoms with Crippen molar-refractivity contribution in [3.63, 3.8) is 0 Å². The van der Waals surface area contributed by atoms with E-state index in [4.69, 9.17) is 14.6 Å². The molecule has 0 saturated heterocycles. The van der Waals surface area contributed by atoms with Crippen LogP contribution in [0.4, 0.5) is 16.2 Å². The Labute approximate surface area is 185 Å². The molecule has 0 aliphatic carbocycles. The number of anilines is 2. The molecule has 1 aromatic heterocycles. The van der Waals surface area contributed by atoms with E-state index in [1.165, 1.54) is 12.3 Å². The number of carboxylic acid groups (broad SMARTS) is 1. The van der Waals surface area contributed by atoms with Crippen molar-refractivity contribution < 1.29 is 24.2 Å². The van der Waals surface area contributed by atoms with Crippen LogP contribution in [-0.2, 0) is 0 Å². The number of ether oxygens (including phenoxy) is 2. The highest BCUT2D eigenvalue weighted by Crippen LogP contribution is 2.23. The molecule has 0 aliphatic heterocycles. The maximum absolute atomic E-state index is 12.2. The lowest BCUT2D eigenvalue weighted by molar-refractivity contribution is 0.0690. The van der Waals surface area contributed by atoms with Gasteiger partial charge in [0, 0.05) is 30.2 Å². The molecule has 0 radical (unpaired) electrons. The van der Waals surface area contributed by atoms with Crippen molar-refractivity contribution in [2.24, 2.45) is 0 Å². The minimum absolute atomic E-state index is 0.106. The molecule has 9 nitrogen and oxygen atoms in total. The number of hydrogen-bond acceptors (Lipinski definition) is 6. The van der Waals surface area contributed by atoms with Gasteiger partial charge in [-0.2, -0.15) is 0 Å². The summed E-state index contributed by atoms with van der Waals surface area (Å²) in [7, 11) is 3.96. The SMILES string of the molecule is CN(C)CCOc1ccc(NC(=O)Nc2ccc(Oc3ccnc(C(=O)O)c3)cc2)cc1. The highest BCUT2D eigenvalue weighted by molar-refractivity contribution is 5.99. The van der Waals surface area contributed by atoms with Crippen LogP contribution >= 0.6 is 0 Å². The van der Waals surface area contributed by atoms with Crippen LogP contribution in [0, 0.1) is 0 Å². The van der Waals surface area contributed by atoms with Crippen molar-refractivity contribution in [2.75, 3.05) is 37.9 Å². The van der Waals surface area contributed by atoms with Crippen molar-refractivity contribution in [2.45, 2.75) is 0 Å². The van der Waals surface area contributed by atoms with Gasteiger partial charge in [0.1, 0.15) is 23.9 Å². The van der Waals surface area contributed by atoms with Crippen LogP contribution in [0.25, 0.3) is 0 Å². The predicted molar refractivity (Wildman–Crippen MR) is 121 cm³/mol. The zero-order chi connectivity index (χ0) is 22.9. The molecule has 0 saturated carbocycles. The number of aromatic carboxylic acids is 1. The number of carboxylic acids is 1. The van der Waals surface area contributed by atoms with Crippen molar-refractivity contribution in [1.29, 1.82) is 0 Å². The van der Waals surface area contributed by atoms with Gasteiger partial charge in [0.2, 0.25) is 0 Å². The van der Waals surface area contributed by atoms with E-state index >= 15 is 0 Å². The number of benzene rings is 2. The molecule has 2 amide bonds. The standard InChI is InChI=1S/C23H24N4O5/c1-27(2)13-14-31-18-7-3-16(4-8-18)25-23(30)26-17-5-9-19(10-6-17)32-20-11-12-24-21(15-20)22(28)29/h3-12,15H,13-14H2,1-2H3,(H,28,29)(H2,25,26,30). The zero-order valence-electron chi connectivity index (χ0n) is 17.7. The first kappa shape index (κ1) is 22.6. The number of urea groups is 1. The molecule has 2 aromatic carbocycles. The number of hydrogen-bond donors (Lipinski definition) is 3. The molecule has 9 heteroatoms. The van der Waals surface area contributed by atoms with Crippen LogP contribution in [0.1, 0.15) is 10.5 Å². The van der Waals surface area contributed by atoms with Crippen LogP contribution in [0.2, 0.25) is 0 Å². The van der Waals surface area contributed by atoms with Crippen molar-refractivity contribution in [3.05, 3.63) is 72.6 Å². The molecule has 166 valence electrons. The van der Waals surface area contributed by atoms with E-state index in [0.29, 0.717) is 29.5 Å². The topological polar surface area (TPSA) is 113 Å². The lowest BCUT2D eigenvalue weighted by Gasteiger charge is -2.12. The average Bonchev–Trinajstić information content (AvgIpc) is 2.76. The van der Waals surface area contributed by atoms with Crippen LogP contribution in [0.5, 0.6) is 17.2 Å². The number of pyridine rings is 1. The minimum atomic E-state index is -1.13. The van der Waals surface area contributed by atoms with E-state index in [0.717, 1.165) is 12.3 Å². The maximum Gasteiger partial charge on any atom is 0.354 e. The summed E-state index contributed by atoms with van der Waals surface area (Å²) < 4.78 is 11.3. The summed E-state index contributed by atoms with van der Waals surface area (Å²) in [6, 6.07) is 16.3. The molecule has 0 atom stereocenters. The summed E-state index contributed by atoms with van der Waals surface area (Å²) in [5, 5.41) is 14.5. The fourth-order valence-electron chi connectivity index (χ4n) is 2.61. The Hall–Kier alpha value is -4.11. The van der Waals surface area contributed by atoms with E-state index in [9.17, 15) is 9.59 Å². The number of carbonyl (C=O) groups excluding carboxylic acids is 1. The predicted octanol–water partition coefficient (Wildman–Crippen LogP) is 4.16. The first-order chi connectivity index (χ1) is 15.4. The number of amides is 2. The smallest absolute Gasteiger partial charge is 0.354 e. The molecule has 32 heavy (non-hydrogen) atoms. The van der Waals surface area contributed by atoms with Gasteiger partial charge >= 0.3 is 12.0 Å². The number of carbonyl (C=O) groups is 2. The second-order valence-electron chi connectivity index (χ2n) is 7.06. The molecule has 0 unspecified atom stereocenters. The van der Waals surface area contributed by atoms with E-state index < -0.39 is 5.97 Å². The number of nitrogens with one attached hydrogen (secondary N) is 2.